The lowest BCUT2D eigenvalue weighted by atomic mass is 10.1. The number of ether oxygens (including phenoxy) is 2. The smallest absolute Gasteiger partial charge is 0.462 e. The normalized spacial score (nSPS) is 14.3. The number of carbonyl (C=O) groups is 2. The summed E-state index contributed by atoms with van der Waals surface area (Å²) in [6.45, 7) is 2.32. The second-order valence-electron chi connectivity index (χ2n) is 13.0. The lowest BCUT2D eigenvalue weighted by Crippen LogP contribution is -2.29. The van der Waals surface area contributed by atoms with E-state index in [4.69, 9.17) is 19.1 Å². The Morgan fingerprint density at radius 1 is 0.612 bits per heavy atom. The standard InChI is InChI=1S/C38H71O10P/c1-3-5-7-9-11-13-15-16-17-18-20-22-24-26-28-30-38(42)48-36(34-47-49(43,44)46-32-35(40)31-39)33-45-37(41)29-27-25-23-21-19-14-12-10-8-6-4-2/h11,13,16-17,35-36,39-40H,3-10,12,14-15,18-34H2,1-2H3,(H,43,44)/b13-11-,17-16-. The maximum absolute atomic E-state index is 12.5. The zero-order valence-electron chi connectivity index (χ0n) is 30.9. The number of esters is 2. The first-order valence-corrected chi connectivity index (χ1v) is 20.8. The minimum absolute atomic E-state index is 0.170. The number of hydrogen-bond donors (Lipinski definition) is 3. The summed E-state index contributed by atoms with van der Waals surface area (Å²) in [5, 5.41) is 18.3. The van der Waals surface area contributed by atoms with E-state index in [0.29, 0.717) is 12.8 Å². The van der Waals surface area contributed by atoms with Gasteiger partial charge in [-0.1, -0.05) is 134 Å². The largest absolute Gasteiger partial charge is 0.472 e. The number of carbonyl (C=O) groups excluding carboxylic acids is 2. The third kappa shape index (κ3) is 34.7. The first-order valence-electron chi connectivity index (χ1n) is 19.3. The van der Waals surface area contributed by atoms with Crippen LogP contribution >= 0.6 is 7.82 Å². The number of rotatable bonds is 36. The summed E-state index contributed by atoms with van der Waals surface area (Å²) in [4.78, 5) is 34.8. The van der Waals surface area contributed by atoms with E-state index < -0.39 is 51.8 Å². The molecule has 3 N–H and O–H groups in total. The van der Waals surface area contributed by atoms with E-state index in [2.05, 4.69) is 42.7 Å². The van der Waals surface area contributed by atoms with Gasteiger partial charge in [-0.25, -0.2) is 4.57 Å². The van der Waals surface area contributed by atoms with Crippen molar-refractivity contribution in [1.82, 2.24) is 0 Å². The van der Waals surface area contributed by atoms with Crippen LogP contribution in [0.5, 0.6) is 0 Å². The topological polar surface area (TPSA) is 149 Å². The van der Waals surface area contributed by atoms with Crippen LogP contribution < -0.4 is 0 Å². The molecule has 0 spiro atoms. The van der Waals surface area contributed by atoms with E-state index in [9.17, 15) is 24.2 Å². The van der Waals surface area contributed by atoms with Crippen molar-refractivity contribution in [2.24, 2.45) is 0 Å². The predicted octanol–water partition coefficient (Wildman–Crippen LogP) is 9.44. The number of hydrogen-bond acceptors (Lipinski definition) is 9. The van der Waals surface area contributed by atoms with Gasteiger partial charge in [0.1, 0.15) is 12.7 Å². The van der Waals surface area contributed by atoms with Crippen LogP contribution in [0.2, 0.25) is 0 Å². The second kappa shape index (κ2) is 34.9. The number of aliphatic hydroxyl groups is 2. The summed E-state index contributed by atoms with van der Waals surface area (Å²) in [5.74, 6) is -0.940. The number of unbranched alkanes of at least 4 members (excludes halogenated alkanes) is 18. The SMILES string of the molecule is CCCCC/C=C\C/C=C\CCCCCCCC(=O)OC(COC(=O)CCCCCCCCCCCCC)COP(=O)(O)OCC(O)CO. The third-order valence-electron chi connectivity index (χ3n) is 8.11. The van der Waals surface area contributed by atoms with Crippen LogP contribution in [-0.2, 0) is 32.7 Å². The van der Waals surface area contributed by atoms with Gasteiger partial charge in [0.25, 0.3) is 0 Å². The summed E-state index contributed by atoms with van der Waals surface area (Å²) in [6, 6.07) is 0. The lowest BCUT2D eigenvalue weighted by Gasteiger charge is -2.20. The minimum atomic E-state index is -4.61. The molecule has 288 valence electrons. The summed E-state index contributed by atoms with van der Waals surface area (Å²) in [7, 11) is -4.61. The molecule has 0 saturated carbocycles. The van der Waals surface area contributed by atoms with E-state index in [0.717, 1.165) is 64.2 Å². The fourth-order valence-corrected chi connectivity index (χ4v) is 5.87. The van der Waals surface area contributed by atoms with Gasteiger partial charge in [0.15, 0.2) is 6.10 Å². The average Bonchev–Trinajstić information content (AvgIpc) is 3.09. The van der Waals surface area contributed by atoms with Gasteiger partial charge >= 0.3 is 19.8 Å². The van der Waals surface area contributed by atoms with E-state index in [1.165, 1.54) is 64.2 Å². The Kier molecular flexibility index (Phi) is 33.8. The van der Waals surface area contributed by atoms with Crippen molar-refractivity contribution >= 4 is 19.8 Å². The number of phosphoric acid groups is 1. The summed E-state index contributed by atoms with van der Waals surface area (Å²) < 4.78 is 32.6. The molecule has 0 aliphatic heterocycles. The molecular weight excluding hydrogens is 647 g/mol. The predicted molar refractivity (Wildman–Crippen MR) is 196 cm³/mol. The molecule has 0 fully saturated rings. The summed E-state index contributed by atoms with van der Waals surface area (Å²) in [6.07, 6.45) is 31.4. The molecule has 0 aromatic heterocycles. The molecular formula is C38H71O10P. The van der Waals surface area contributed by atoms with Crippen LogP contribution in [0.1, 0.15) is 168 Å². The Hall–Kier alpha value is -1.55. The fraction of sp³-hybridized carbons (Fsp3) is 0.842. The van der Waals surface area contributed by atoms with Crippen molar-refractivity contribution in [3.63, 3.8) is 0 Å². The molecule has 0 radical (unpaired) electrons. The van der Waals surface area contributed by atoms with Gasteiger partial charge in [0.05, 0.1) is 19.8 Å². The number of allylic oxidation sites excluding steroid dienone is 4. The Labute approximate surface area is 298 Å². The molecule has 0 aliphatic carbocycles. The van der Waals surface area contributed by atoms with Crippen LogP contribution in [0.25, 0.3) is 0 Å². The Morgan fingerprint density at radius 2 is 1.06 bits per heavy atom. The van der Waals surface area contributed by atoms with Crippen molar-refractivity contribution in [1.29, 1.82) is 0 Å². The molecule has 10 nitrogen and oxygen atoms in total. The minimum Gasteiger partial charge on any atom is -0.462 e. The van der Waals surface area contributed by atoms with Crippen LogP contribution in [-0.4, -0.2) is 65.7 Å². The molecule has 0 aliphatic rings. The Balaban J connectivity index is 4.38. The van der Waals surface area contributed by atoms with Crippen molar-refractivity contribution < 1.29 is 47.8 Å². The lowest BCUT2D eigenvalue weighted by molar-refractivity contribution is -0.161. The maximum Gasteiger partial charge on any atom is 0.472 e. The van der Waals surface area contributed by atoms with Crippen LogP contribution in [0, 0.1) is 0 Å². The molecule has 3 atom stereocenters. The van der Waals surface area contributed by atoms with Crippen molar-refractivity contribution in [3.8, 4) is 0 Å². The zero-order valence-corrected chi connectivity index (χ0v) is 31.8. The van der Waals surface area contributed by atoms with Crippen LogP contribution in [0.3, 0.4) is 0 Å². The molecule has 0 bridgehead atoms. The van der Waals surface area contributed by atoms with E-state index in [1.807, 2.05) is 0 Å². The molecule has 0 heterocycles. The molecule has 0 saturated heterocycles. The quantitative estimate of drug-likeness (QED) is 0.0248. The van der Waals surface area contributed by atoms with Crippen molar-refractivity contribution in [2.75, 3.05) is 26.4 Å². The molecule has 0 aromatic rings. The highest BCUT2D eigenvalue weighted by Crippen LogP contribution is 2.43. The highest BCUT2D eigenvalue weighted by atomic mass is 31.2. The zero-order chi connectivity index (χ0) is 36.3. The number of aliphatic hydroxyl groups excluding tert-OH is 2. The van der Waals surface area contributed by atoms with Gasteiger partial charge < -0.3 is 24.6 Å². The molecule has 11 heteroatoms. The van der Waals surface area contributed by atoms with Gasteiger partial charge in [0, 0.05) is 12.8 Å². The first kappa shape index (κ1) is 47.4. The summed E-state index contributed by atoms with van der Waals surface area (Å²) >= 11 is 0. The van der Waals surface area contributed by atoms with Gasteiger partial charge in [-0.05, 0) is 44.9 Å². The third-order valence-corrected chi connectivity index (χ3v) is 9.06. The Bertz CT molecular complexity index is 879. The van der Waals surface area contributed by atoms with E-state index >= 15 is 0 Å². The second-order valence-corrected chi connectivity index (χ2v) is 14.4. The molecule has 49 heavy (non-hydrogen) atoms. The molecule has 0 amide bonds. The summed E-state index contributed by atoms with van der Waals surface area (Å²) in [5.41, 5.74) is 0. The highest BCUT2D eigenvalue weighted by Gasteiger charge is 2.27. The molecule has 3 unspecified atom stereocenters. The molecule has 0 aromatic carbocycles. The average molecular weight is 719 g/mol. The van der Waals surface area contributed by atoms with Crippen LogP contribution in [0.15, 0.2) is 24.3 Å². The first-order chi connectivity index (χ1) is 23.7. The van der Waals surface area contributed by atoms with Crippen molar-refractivity contribution in [3.05, 3.63) is 24.3 Å². The Morgan fingerprint density at radius 3 is 1.61 bits per heavy atom. The number of phosphoric ester groups is 1. The highest BCUT2D eigenvalue weighted by molar-refractivity contribution is 7.47. The van der Waals surface area contributed by atoms with Gasteiger partial charge in [-0.15, -0.1) is 0 Å². The monoisotopic (exact) mass is 718 g/mol. The van der Waals surface area contributed by atoms with Gasteiger partial charge in [-0.3, -0.25) is 18.6 Å². The van der Waals surface area contributed by atoms with Crippen LogP contribution in [0.4, 0.5) is 0 Å². The van der Waals surface area contributed by atoms with Crippen molar-refractivity contribution in [2.45, 2.75) is 180 Å². The van der Waals surface area contributed by atoms with Gasteiger partial charge in [-0.2, -0.15) is 0 Å². The fourth-order valence-electron chi connectivity index (χ4n) is 5.08. The van der Waals surface area contributed by atoms with E-state index in [-0.39, 0.29) is 19.4 Å². The van der Waals surface area contributed by atoms with Gasteiger partial charge in [0.2, 0.25) is 0 Å². The van der Waals surface area contributed by atoms with E-state index in [1.54, 1.807) is 0 Å². The maximum atomic E-state index is 12.5. The molecule has 0 rings (SSSR count).